The number of hydrogen-bond acceptors (Lipinski definition) is 5. The molecule has 2 unspecified atom stereocenters. The van der Waals surface area contributed by atoms with Gasteiger partial charge in [0.25, 0.3) is 0 Å². The average molecular weight is 547 g/mol. The molecular formula is C30H40F2N2O5. The van der Waals surface area contributed by atoms with Gasteiger partial charge in [0.15, 0.2) is 0 Å². The van der Waals surface area contributed by atoms with Crippen LogP contribution < -0.4 is 10.6 Å². The molecule has 2 aromatic rings. The molecule has 0 aromatic heterocycles. The van der Waals surface area contributed by atoms with Gasteiger partial charge in [0.2, 0.25) is 5.91 Å². The zero-order valence-corrected chi connectivity index (χ0v) is 22.9. The number of hydrogen-bond donors (Lipinski definition) is 4. The van der Waals surface area contributed by atoms with Gasteiger partial charge >= 0.3 is 5.97 Å². The molecule has 0 spiro atoms. The molecule has 3 rings (SSSR count). The molecule has 0 aliphatic heterocycles. The van der Waals surface area contributed by atoms with Crippen LogP contribution in [-0.2, 0) is 31.7 Å². The summed E-state index contributed by atoms with van der Waals surface area (Å²) in [5.74, 6) is -3.37. The number of aliphatic hydroxyl groups excluding tert-OH is 1. The molecule has 1 fully saturated rings. The number of carbonyl (C=O) groups is 2. The number of halogens is 2. The topological polar surface area (TPSA) is 108 Å². The molecular weight excluding hydrogens is 506 g/mol. The fourth-order valence-corrected chi connectivity index (χ4v) is 5.19. The van der Waals surface area contributed by atoms with Gasteiger partial charge in [-0.15, -0.1) is 0 Å². The van der Waals surface area contributed by atoms with Crippen molar-refractivity contribution >= 4 is 11.9 Å². The van der Waals surface area contributed by atoms with Crippen LogP contribution in [0, 0.1) is 11.6 Å². The van der Waals surface area contributed by atoms with Gasteiger partial charge in [-0.2, -0.15) is 0 Å². The number of aliphatic hydroxyl groups is 1. The number of carbonyl (C=O) groups excluding carboxylic acids is 1. The summed E-state index contributed by atoms with van der Waals surface area (Å²) < 4.78 is 32.6. The Morgan fingerprint density at radius 3 is 2.31 bits per heavy atom. The largest absolute Gasteiger partial charge is 0.480 e. The van der Waals surface area contributed by atoms with Crippen molar-refractivity contribution in [1.82, 2.24) is 10.6 Å². The van der Waals surface area contributed by atoms with E-state index in [1.54, 1.807) is 0 Å². The number of ether oxygens (including phenoxy) is 1. The summed E-state index contributed by atoms with van der Waals surface area (Å²) in [4.78, 5) is 23.2. The average Bonchev–Trinajstić information content (AvgIpc) is 2.86. The van der Waals surface area contributed by atoms with Crippen molar-refractivity contribution in [3.8, 4) is 0 Å². The maximum atomic E-state index is 13.9. The van der Waals surface area contributed by atoms with Crippen molar-refractivity contribution < 1.29 is 33.3 Å². The lowest BCUT2D eigenvalue weighted by atomic mass is 9.74. The highest BCUT2D eigenvalue weighted by molar-refractivity contribution is 5.78. The van der Waals surface area contributed by atoms with E-state index in [0.717, 1.165) is 55.9 Å². The van der Waals surface area contributed by atoms with Crippen molar-refractivity contribution in [3.63, 3.8) is 0 Å². The van der Waals surface area contributed by atoms with E-state index in [-0.39, 0.29) is 29.5 Å². The van der Waals surface area contributed by atoms with Crippen LogP contribution in [0.1, 0.15) is 69.6 Å². The van der Waals surface area contributed by atoms with E-state index in [4.69, 9.17) is 9.84 Å². The van der Waals surface area contributed by atoms with Crippen LogP contribution in [-0.4, -0.2) is 54.0 Å². The second-order valence-electron chi connectivity index (χ2n) is 11.5. The standard InChI is InChI=1S/C30H40F2N2O5/c1-29(2,3)21-8-7-9-22(15-21)30(10-5-4-6-11-30)33-17-26(35)25(34-27(36)18-39-19-28(37)38)14-20-12-23(31)16-24(32)13-20/h7-9,12-13,15-16,25-26,33,35H,4-6,10-11,14,17-19H2,1-3H3,(H,34,36)(H,37,38). The summed E-state index contributed by atoms with van der Waals surface area (Å²) in [7, 11) is 0. The maximum absolute atomic E-state index is 13.9. The molecule has 1 saturated carbocycles. The smallest absolute Gasteiger partial charge is 0.329 e. The van der Waals surface area contributed by atoms with E-state index < -0.39 is 48.9 Å². The lowest BCUT2D eigenvalue weighted by Gasteiger charge is -2.41. The first-order valence-electron chi connectivity index (χ1n) is 13.5. The van der Waals surface area contributed by atoms with Crippen LogP contribution in [0.2, 0.25) is 0 Å². The second-order valence-corrected chi connectivity index (χ2v) is 11.5. The third-order valence-corrected chi connectivity index (χ3v) is 7.29. The highest BCUT2D eigenvalue weighted by Gasteiger charge is 2.35. The van der Waals surface area contributed by atoms with Crippen LogP contribution in [0.4, 0.5) is 8.78 Å². The second kappa shape index (κ2) is 13.5. The highest BCUT2D eigenvalue weighted by Crippen LogP contribution is 2.38. The summed E-state index contributed by atoms with van der Waals surface area (Å²) in [6, 6.07) is 10.7. The Balaban J connectivity index is 1.80. The quantitative estimate of drug-likeness (QED) is 0.318. The SMILES string of the molecule is CC(C)(C)c1cccc(C2(NCC(O)C(Cc3cc(F)cc(F)c3)NC(=O)COCC(=O)O)CCCCC2)c1. The van der Waals surface area contributed by atoms with Crippen molar-refractivity contribution in [2.75, 3.05) is 19.8 Å². The molecule has 1 aliphatic rings. The fraction of sp³-hybridized carbons (Fsp3) is 0.533. The lowest BCUT2D eigenvalue weighted by Crippen LogP contribution is -2.53. The molecule has 0 saturated heterocycles. The third kappa shape index (κ3) is 9.08. The molecule has 4 N–H and O–H groups in total. The Bertz CT molecular complexity index is 1110. The summed E-state index contributed by atoms with van der Waals surface area (Å²) in [5.41, 5.74) is 2.26. The monoisotopic (exact) mass is 546 g/mol. The molecule has 2 aromatic carbocycles. The minimum atomic E-state index is -1.22. The number of carboxylic acid groups (broad SMARTS) is 1. The molecule has 7 nitrogen and oxygen atoms in total. The summed E-state index contributed by atoms with van der Waals surface area (Å²) in [5, 5.41) is 26.2. The van der Waals surface area contributed by atoms with E-state index in [1.807, 2.05) is 0 Å². The number of benzene rings is 2. The lowest BCUT2D eigenvalue weighted by molar-refractivity contribution is -0.143. The molecule has 9 heteroatoms. The third-order valence-electron chi connectivity index (χ3n) is 7.29. The van der Waals surface area contributed by atoms with Gasteiger partial charge in [0.05, 0.1) is 12.1 Å². The Kier molecular flexibility index (Phi) is 10.6. The normalized spacial score (nSPS) is 16.9. The number of amides is 1. The molecule has 0 heterocycles. The van der Waals surface area contributed by atoms with E-state index >= 15 is 0 Å². The molecule has 1 amide bonds. The van der Waals surface area contributed by atoms with E-state index in [0.29, 0.717) is 0 Å². The van der Waals surface area contributed by atoms with E-state index in [1.165, 1.54) is 5.56 Å². The highest BCUT2D eigenvalue weighted by atomic mass is 19.1. The Labute approximate surface area is 229 Å². The molecule has 1 aliphatic carbocycles. The van der Waals surface area contributed by atoms with Crippen molar-refractivity contribution in [3.05, 3.63) is 70.8 Å². The predicted molar refractivity (Wildman–Crippen MR) is 144 cm³/mol. The first kappa shape index (κ1) is 30.7. The van der Waals surface area contributed by atoms with Gasteiger partial charge in [-0.25, -0.2) is 13.6 Å². The zero-order chi connectivity index (χ0) is 28.6. The van der Waals surface area contributed by atoms with Crippen molar-refractivity contribution in [1.29, 1.82) is 0 Å². The van der Waals surface area contributed by atoms with Gasteiger partial charge in [0.1, 0.15) is 24.8 Å². The first-order valence-corrected chi connectivity index (χ1v) is 13.5. The molecule has 214 valence electrons. The molecule has 39 heavy (non-hydrogen) atoms. The predicted octanol–water partition coefficient (Wildman–Crippen LogP) is 4.20. The van der Waals surface area contributed by atoms with E-state index in [9.17, 15) is 23.5 Å². The summed E-state index contributed by atoms with van der Waals surface area (Å²) in [6.45, 7) is 5.45. The first-order chi connectivity index (χ1) is 18.4. The van der Waals surface area contributed by atoms with Crippen LogP contribution >= 0.6 is 0 Å². The number of nitrogens with one attached hydrogen (secondary N) is 2. The van der Waals surface area contributed by atoms with Crippen LogP contribution in [0.15, 0.2) is 42.5 Å². The number of aliphatic carboxylic acids is 1. The molecule has 0 radical (unpaired) electrons. The van der Waals surface area contributed by atoms with Crippen LogP contribution in [0.25, 0.3) is 0 Å². The Morgan fingerprint density at radius 2 is 1.69 bits per heavy atom. The maximum Gasteiger partial charge on any atom is 0.329 e. The minimum absolute atomic E-state index is 0.0241. The van der Waals surface area contributed by atoms with Gasteiger partial charge in [-0.1, -0.05) is 64.3 Å². The van der Waals surface area contributed by atoms with Gasteiger partial charge < -0.3 is 25.6 Å². The Hall–Kier alpha value is -2.88. The van der Waals surface area contributed by atoms with E-state index in [2.05, 4.69) is 55.7 Å². The Morgan fingerprint density at radius 1 is 1.03 bits per heavy atom. The van der Waals surface area contributed by atoms with Crippen molar-refractivity contribution in [2.45, 2.75) is 82.4 Å². The van der Waals surface area contributed by atoms with Gasteiger partial charge in [0, 0.05) is 18.2 Å². The number of carboxylic acids is 1. The van der Waals surface area contributed by atoms with Gasteiger partial charge in [-0.3, -0.25) is 4.79 Å². The van der Waals surface area contributed by atoms with Crippen LogP contribution in [0.3, 0.4) is 0 Å². The fourth-order valence-electron chi connectivity index (χ4n) is 5.19. The van der Waals surface area contributed by atoms with Gasteiger partial charge in [-0.05, 0) is 53.5 Å². The number of rotatable bonds is 12. The summed E-state index contributed by atoms with van der Waals surface area (Å²) >= 11 is 0. The minimum Gasteiger partial charge on any atom is -0.480 e. The zero-order valence-electron chi connectivity index (χ0n) is 22.9. The molecule has 2 atom stereocenters. The summed E-state index contributed by atoms with van der Waals surface area (Å²) in [6.07, 6.45) is 3.84. The molecule has 0 bridgehead atoms. The van der Waals surface area contributed by atoms with Crippen LogP contribution in [0.5, 0.6) is 0 Å². The van der Waals surface area contributed by atoms with Crippen molar-refractivity contribution in [2.24, 2.45) is 0 Å².